The molecule has 0 unspecified atom stereocenters. The van der Waals surface area contributed by atoms with Crippen molar-refractivity contribution in [3.63, 3.8) is 0 Å². The number of amides is 1. The molecule has 18 heavy (non-hydrogen) atoms. The topological polar surface area (TPSA) is 108 Å². The zero-order chi connectivity index (χ0) is 13.9. The highest BCUT2D eigenvalue weighted by atomic mass is 32.2. The van der Waals surface area contributed by atoms with Gasteiger partial charge in [-0.15, -0.1) is 0 Å². The molecule has 0 aromatic heterocycles. The molecule has 1 amide bonds. The Hall–Kier alpha value is -1.93. The first-order valence-corrected chi connectivity index (χ1v) is 6.34. The molecule has 0 radical (unpaired) electrons. The number of carbonyl (C=O) groups is 1. The van der Waals surface area contributed by atoms with E-state index in [9.17, 15) is 13.2 Å². The average Bonchev–Trinajstić information content (AvgIpc) is 2.29. The van der Waals surface area contributed by atoms with Crippen LogP contribution in [-0.4, -0.2) is 43.0 Å². The fraction of sp³-hybridized carbons (Fsp3) is 0.200. The van der Waals surface area contributed by atoms with Gasteiger partial charge >= 0.3 is 10.2 Å². The summed E-state index contributed by atoms with van der Waals surface area (Å²) in [5, 5.41) is 7.26. The number of hydrogen-bond acceptors (Lipinski definition) is 4. The molecule has 0 saturated carbocycles. The summed E-state index contributed by atoms with van der Waals surface area (Å²) in [5.41, 5.74) is 5.32. The van der Waals surface area contributed by atoms with Crippen molar-refractivity contribution in [2.45, 2.75) is 0 Å². The number of nitrogens with zero attached hydrogens (tertiary/aromatic N) is 2. The number of hydrogen-bond donors (Lipinski definition) is 2. The molecule has 8 heteroatoms. The van der Waals surface area contributed by atoms with E-state index in [0.717, 1.165) is 4.31 Å². The Labute approximate surface area is 105 Å². The van der Waals surface area contributed by atoms with Gasteiger partial charge in [-0.25, -0.2) is 0 Å². The third-order valence-corrected chi connectivity index (χ3v) is 3.86. The lowest BCUT2D eigenvalue weighted by Gasteiger charge is -2.23. The van der Waals surface area contributed by atoms with Crippen molar-refractivity contribution in [2.24, 2.45) is 5.73 Å². The van der Waals surface area contributed by atoms with E-state index in [4.69, 9.17) is 11.1 Å². The lowest BCUT2D eigenvalue weighted by atomic mass is 10.2. The van der Waals surface area contributed by atoms with Gasteiger partial charge in [-0.2, -0.15) is 17.0 Å². The molecular formula is C10H14N4O3S. The molecule has 1 aromatic rings. The van der Waals surface area contributed by atoms with Crippen LogP contribution in [0.4, 0.5) is 0 Å². The summed E-state index contributed by atoms with van der Waals surface area (Å²) in [4.78, 5) is 12.0. The van der Waals surface area contributed by atoms with Crippen LogP contribution < -0.4 is 5.73 Å². The Bertz CT molecular complexity index is 554. The number of rotatable bonds is 3. The molecule has 0 atom stereocenters. The van der Waals surface area contributed by atoms with Crippen molar-refractivity contribution in [1.82, 2.24) is 8.61 Å². The first-order valence-electron chi connectivity index (χ1n) is 4.94. The van der Waals surface area contributed by atoms with Crippen molar-refractivity contribution in [3.05, 3.63) is 35.9 Å². The van der Waals surface area contributed by atoms with Crippen LogP contribution in [0.3, 0.4) is 0 Å². The van der Waals surface area contributed by atoms with Crippen LogP contribution in [0.1, 0.15) is 10.4 Å². The van der Waals surface area contributed by atoms with Gasteiger partial charge in [-0.05, 0) is 12.1 Å². The van der Waals surface area contributed by atoms with E-state index >= 15 is 0 Å². The average molecular weight is 270 g/mol. The minimum atomic E-state index is -4.12. The van der Waals surface area contributed by atoms with Crippen LogP contribution in [0, 0.1) is 5.41 Å². The van der Waals surface area contributed by atoms with Gasteiger partial charge in [0.05, 0.1) is 0 Å². The van der Waals surface area contributed by atoms with Crippen molar-refractivity contribution < 1.29 is 13.2 Å². The van der Waals surface area contributed by atoms with Crippen LogP contribution in [0.5, 0.6) is 0 Å². The first kappa shape index (κ1) is 14.1. The molecule has 0 aliphatic rings. The maximum absolute atomic E-state index is 12.0. The van der Waals surface area contributed by atoms with Gasteiger partial charge in [0.2, 0.25) is 5.96 Å². The van der Waals surface area contributed by atoms with E-state index in [0.29, 0.717) is 0 Å². The fourth-order valence-electron chi connectivity index (χ4n) is 1.20. The van der Waals surface area contributed by atoms with Gasteiger partial charge in [0.25, 0.3) is 5.91 Å². The summed E-state index contributed by atoms with van der Waals surface area (Å²) in [6.07, 6.45) is 0. The van der Waals surface area contributed by atoms with E-state index in [1.807, 2.05) is 0 Å². The van der Waals surface area contributed by atoms with Crippen LogP contribution >= 0.6 is 0 Å². The molecule has 0 fully saturated rings. The molecular weight excluding hydrogens is 256 g/mol. The highest BCUT2D eigenvalue weighted by molar-refractivity contribution is 7.87. The third-order valence-electron chi connectivity index (χ3n) is 2.12. The lowest BCUT2D eigenvalue weighted by Crippen LogP contribution is -2.50. The second-order valence-electron chi connectivity index (χ2n) is 3.61. The third kappa shape index (κ3) is 2.66. The Kier molecular flexibility index (Phi) is 4.04. The van der Waals surface area contributed by atoms with Gasteiger partial charge in [-0.1, -0.05) is 18.2 Å². The summed E-state index contributed by atoms with van der Waals surface area (Å²) in [5.74, 6) is -1.71. The maximum atomic E-state index is 12.0. The Morgan fingerprint density at radius 3 is 2.11 bits per heavy atom. The van der Waals surface area contributed by atoms with Crippen molar-refractivity contribution in [2.75, 3.05) is 14.1 Å². The number of guanidine groups is 1. The predicted molar refractivity (Wildman–Crippen MR) is 67.1 cm³/mol. The standard InChI is InChI=1S/C10H14N4O3S/c1-13(2)18(16,17)14(10(11)12)9(15)8-6-4-3-5-7-8/h3-7H,1-2H3,(H3,11,12). The number of carbonyl (C=O) groups excluding carboxylic acids is 1. The SMILES string of the molecule is CN(C)S(=O)(=O)N(C(=N)N)C(=O)c1ccccc1. The van der Waals surface area contributed by atoms with Crippen LogP contribution in [0.2, 0.25) is 0 Å². The molecule has 7 nitrogen and oxygen atoms in total. The van der Waals surface area contributed by atoms with E-state index in [-0.39, 0.29) is 9.87 Å². The van der Waals surface area contributed by atoms with Gasteiger partial charge in [0.1, 0.15) is 0 Å². The minimum absolute atomic E-state index is 0.137. The quantitative estimate of drug-likeness (QED) is 0.587. The summed E-state index contributed by atoms with van der Waals surface area (Å²) >= 11 is 0. The van der Waals surface area contributed by atoms with Crippen molar-refractivity contribution in [1.29, 1.82) is 5.41 Å². The molecule has 0 aliphatic heterocycles. The van der Waals surface area contributed by atoms with E-state index in [1.54, 1.807) is 18.2 Å². The maximum Gasteiger partial charge on any atom is 0.312 e. The van der Waals surface area contributed by atoms with Crippen molar-refractivity contribution in [3.8, 4) is 0 Å². The van der Waals surface area contributed by atoms with Gasteiger partial charge in [0, 0.05) is 19.7 Å². The lowest BCUT2D eigenvalue weighted by molar-refractivity contribution is 0.0908. The second kappa shape index (κ2) is 5.15. The molecule has 1 aromatic carbocycles. The van der Waals surface area contributed by atoms with Gasteiger partial charge in [-0.3, -0.25) is 10.2 Å². The minimum Gasteiger partial charge on any atom is -0.369 e. The smallest absolute Gasteiger partial charge is 0.312 e. The zero-order valence-electron chi connectivity index (χ0n) is 9.99. The fourth-order valence-corrected chi connectivity index (χ4v) is 2.09. The van der Waals surface area contributed by atoms with Gasteiger partial charge in [0.15, 0.2) is 0 Å². The molecule has 0 aliphatic carbocycles. The highest BCUT2D eigenvalue weighted by Crippen LogP contribution is 2.10. The van der Waals surface area contributed by atoms with Crippen LogP contribution in [-0.2, 0) is 10.2 Å². The molecule has 3 N–H and O–H groups in total. The normalized spacial score (nSPS) is 11.3. The monoisotopic (exact) mass is 270 g/mol. The van der Waals surface area contributed by atoms with E-state index in [2.05, 4.69) is 0 Å². The molecule has 1 rings (SSSR count). The summed E-state index contributed by atoms with van der Waals surface area (Å²) < 4.78 is 24.9. The molecule has 0 saturated heterocycles. The largest absolute Gasteiger partial charge is 0.369 e. The molecule has 0 spiro atoms. The number of nitrogens with one attached hydrogen (secondary N) is 1. The zero-order valence-corrected chi connectivity index (χ0v) is 10.8. The Balaban J connectivity index is 3.25. The summed E-state index contributed by atoms with van der Waals surface area (Å²) in [6.45, 7) is 0. The second-order valence-corrected chi connectivity index (χ2v) is 5.60. The van der Waals surface area contributed by atoms with E-state index < -0.39 is 22.1 Å². The highest BCUT2D eigenvalue weighted by Gasteiger charge is 2.32. The van der Waals surface area contributed by atoms with E-state index in [1.165, 1.54) is 26.2 Å². The molecule has 0 heterocycles. The van der Waals surface area contributed by atoms with Crippen LogP contribution in [0.25, 0.3) is 0 Å². The molecule has 0 bridgehead atoms. The van der Waals surface area contributed by atoms with Gasteiger partial charge < -0.3 is 5.73 Å². The Morgan fingerprint density at radius 2 is 1.72 bits per heavy atom. The van der Waals surface area contributed by atoms with Crippen LogP contribution in [0.15, 0.2) is 30.3 Å². The predicted octanol–water partition coefficient (Wildman–Crippen LogP) is -0.171. The first-order chi connectivity index (χ1) is 8.28. The summed E-state index contributed by atoms with van der Waals surface area (Å²) in [7, 11) is -1.61. The number of benzene rings is 1. The van der Waals surface area contributed by atoms with Crippen molar-refractivity contribution >= 4 is 22.1 Å². The number of nitrogens with two attached hydrogens (primary N) is 1. The Morgan fingerprint density at radius 1 is 1.22 bits per heavy atom. The molecule has 98 valence electrons. The summed E-state index contributed by atoms with van der Waals surface area (Å²) in [6, 6.07) is 7.77.